The third-order valence-electron chi connectivity index (χ3n) is 3.64. The van der Waals surface area contributed by atoms with Crippen molar-refractivity contribution in [1.82, 2.24) is 4.98 Å². The van der Waals surface area contributed by atoms with Crippen molar-refractivity contribution in [3.63, 3.8) is 0 Å². The fraction of sp³-hybridized carbons (Fsp3) is 0.278. The first-order chi connectivity index (χ1) is 11.9. The molecular formula is C18H19F2N3O2. The lowest BCUT2D eigenvalue weighted by Gasteiger charge is -2.15. The van der Waals surface area contributed by atoms with Crippen LogP contribution < -0.4 is 10.5 Å². The zero-order chi connectivity index (χ0) is 18.6. The maximum Gasteiger partial charge on any atom is 0.204 e. The maximum atomic E-state index is 14.2. The second kappa shape index (κ2) is 7.83. The van der Waals surface area contributed by atoms with Crippen LogP contribution in [0.25, 0.3) is 0 Å². The van der Waals surface area contributed by atoms with E-state index in [0.717, 1.165) is 31.0 Å². The number of anilines is 1. The fourth-order valence-corrected chi connectivity index (χ4v) is 2.35. The molecule has 0 amide bonds. The Bertz CT molecular complexity index is 799. The quantitative estimate of drug-likeness (QED) is 0.454. The fourth-order valence-electron chi connectivity index (χ4n) is 2.35. The van der Waals surface area contributed by atoms with E-state index >= 15 is 0 Å². The minimum Gasteiger partial charge on any atom is -0.492 e. The molecule has 2 rings (SSSR count). The summed E-state index contributed by atoms with van der Waals surface area (Å²) < 4.78 is 33.9. The molecule has 0 aliphatic heterocycles. The molecule has 7 heteroatoms. The maximum absolute atomic E-state index is 14.2. The van der Waals surface area contributed by atoms with Crippen molar-refractivity contribution in [2.45, 2.75) is 26.7 Å². The summed E-state index contributed by atoms with van der Waals surface area (Å²) >= 11 is 0. The van der Waals surface area contributed by atoms with E-state index in [1.54, 1.807) is 0 Å². The summed E-state index contributed by atoms with van der Waals surface area (Å²) in [4.78, 5) is 16.6. The average molecular weight is 347 g/mol. The Balaban J connectivity index is 2.58. The van der Waals surface area contributed by atoms with E-state index in [9.17, 15) is 13.6 Å². The number of halogens is 2. The van der Waals surface area contributed by atoms with Crippen LogP contribution in [0, 0.1) is 24.0 Å². The highest BCUT2D eigenvalue weighted by atomic mass is 19.1. The molecule has 1 aromatic carbocycles. The number of nitrogens with one attached hydrogen (secondary N) is 1. The molecule has 1 aromatic heterocycles. The van der Waals surface area contributed by atoms with Crippen molar-refractivity contribution in [2.24, 2.45) is 0 Å². The molecule has 3 N–H and O–H groups in total. The van der Waals surface area contributed by atoms with Crippen LogP contribution in [0.4, 0.5) is 14.6 Å². The molecule has 132 valence electrons. The number of hydrogen-bond donors (Lipinski definition) is 2. The third kappa shape index (κ3) is 3.81. The molecule has 0 saturated carbocycles. The van der Waals surface area contributed by atoms with Crippen molar-refractivity contribution in [2.75, 3.05) is 12.3 Å². The van der Waals surface area contributed by atoms with E-state index in [1.807, 2.05) is 6.92 Å². The summed E-state index contributed by atoms with van der Waals surface area (Å²) in [6.07, 6.45) is 3.58. The third-order valence-corrected chi connectivity index (χ3v) is 3.64. The molecule has 0 aliphatic rings. The van der Waals surface area contributed by atoms with E-state index < -0.39 is 23.0 Å². The van der Waals surface area contributed by atoms with Crippen LogP contribution in [0.3, 0.4) is 0 Å². The van der Waals surface area contributed by atoms with Crippen LogP contribution in [-0.2, 0) is 0 Å². The van der Waals surface area contributed by atoms with Gasteiger partial charge in [-0.25, -0.2) is 13.8 Å². The molecular weight excluding hydrogens is 328 g/mol. The van der Waals surface area contributed by atoms with Gasteiger partial charge in [-0.2, -0.15) is 0 Å². The van der Waals surface area contributed by atoms with Crippen molar-refractivity contribution in [3.05, 3.63) is 52.2 Å². The monoisotopic (exact) mass is 347 g/mol. The van der Waals surface area contributed by atoms with Gasteiger partial charge in [-0.05, 0) is 31.0 Å². The molecule has 0 atom stereocenters. The lowest BCUT2D eigenvalue weighted by Crippen LogP contribution is -2.14. The SMILES string of the molecule is CCCCOc1c(C(=O)c2c(F)cc(C)cc2F)cnc(N)c1C=N. The second-order valence-electron chi connectivity index (χ2n) is 5.58. The molecule has 5 nitrogen and oxygen atoms in total. The number of hydrogen-bond acceptors (Lipinski definition) is 5. The standard InChI is InChI=1S/C18H19F2N3O2/c1-3-4-5-25-17-11(8-21)18(22)23-9-12(17)16(24)15-13(19)6-10(2)7-14(15)20/h6-9,21H,3-5H2,1-2H3,(H2,22,23). The van der Waals surface area contributed by atoms with Gasteiger partial charge in [-0.15, -0.1) is 0 Å². The Morgan fingerprint density at radius 3 is 2.56 bits per heavy atom. The Morgan fingerprint density at radius 2 is 2.00 bits per heavy atom. The number of unbranched alkanes of at least 4 members (excludes halogenated alkanes) is 1. The highest BCUT2D eigenvalue weighted by molar-refractivity contribution is 6.12. The number of ether oxygens (including phenoxy) is 1. The molecule has 0 unspecified atom stereocenters. The number of nitrogen functional groups attached to an aromatic ring is 1. The van der Waals surface area contributed by atoms with Gasteiger partial charge in [0.25, 0.3) is 0 Å². The number of nitrogens with two attached hydrogens (primary N) is 1. The summed E-state index contributed by atoms with van der Waals surface area (Å²) in [7, 11) is 0. The van der Waals surface area contributed by atoms with Crippen LogP contribution in [0.2, 0.25) is 0 Å². The minimum absolute atomic E-state index is 0.00268. The molecule has 2 aromatic rings. The summed E-state index contributed by atoms with van der Waals surface area (Å²) in [6, 6.07) is 2.16. The Morgan fingerprint density at radius 1 is 1.36 bits per heavy atom. The van der Waals surface area contributed by atoms with Crippen LogP contribution >= 0.6 is 0 Å². The van der Waals surface area contributed by atoms with Crippen molar-refractivity contribution in [1.29, 1.82) is 5.41 Å². The van der Waals surface area contributed by atoms with E-state index in [0.29, 0.717) is 12.0 Å². The van der Waals surface area contributed by atoms with Crippen molar-refractivity contribution in [3.8, 4) is 5.75 Å². The van der Waals surface area contributed by atoms with Gasteiger partial charge in [0.15, 0.2) is 0 Å². The summed E-state index contributed by atoms with van der Waals surface area (Å²) in [5.41, 5.74) is 5.37. The van der Waals surface area contributed by atoms with Crippen LogP contribution in [0.15, 0.2) is 18.3 Å². The summed E-state index contributed by atoms with van der Waals surface area (Å²) in [5.74, 6) is -2.81. The summed E-state index contributed by atoms with van der Waals surface area (Å²) in [6.45, 7) is 3.77. The molecule has 0 aliphatic carbocycles. The molecule has 0 saturated heterocycles. The minimum atomic E-state index is -0.963. The molecule has 0 radical (unpaired) electrons. The number of rotatable bonds is 7. The van der Waals surface area contributed by atoms with Crippen LogP contribution in [0.1, 0.15) is 46.8 Å². The lowest BCUT2D eigenvalue weighted by atomic mass is 9.99. The largest absolute Gasteiger partial charge is 0.492 e. The van der Waals surface area contributed by atoms with Gasteiger partial charge in [0.1, 0.15) is 23.2 Å². The number of aryl methyl sites for hydroxylation is 1. The molecule has 0 spiro atoms. The number of aromatic nitrogens is 1. The molecule has 1 heterocycles. The van der Waals surface area contributed by atoms with Gasteiger partial charge < -0.3 is 15.9 Å². The Hall–Kier alpha value is -2.83. The van der Waals surface area contributed by atoms with Crippen molar-refractivity contribution >= 4 is 17.8 Å². The zero-order valence-corrected chi connectivity index (χ0v) is 14.0. The number of ketones is 1. The van der Waals surface area contributed by atoms with Gasteiger partial charge in [0.05, 0.1) is 23.3 Å². The number of pyridine rings is 1. The van der Waals surface area contributed by atoms with E-state index in [1.165, 1.54) is 6.92 Å². The Kier molecular flexibility index (Phi) is 5.80. The summed E-state index contributed by atoms with van der Waals surface area (Å²) in [5, 5.41) is 7.48. The smallest absolute Gasteiger partial charge is 0.204 e. The number of carbonyl (C=O) groups excluding carboxylic acids is 1. The predicted octanol–water partition coefficient (Wildman–Crippen LogP) is 3.66. The average Bonchev–Trinajstić information content (AvgIpc) is 2.54. The first-order valence-electron chi connectivity index (χ1n) is 7.82. The topological polar surface area (TPSA) is 89.1 Å². The van der Waals surface area contributed by atoms with E-state index in [4.69, 9.17) is 15.9 Å². The molecule has 0 bridgehead atoms. The highest BCUT2D eigenvalue weighted by Crippen LogP contribution is 2.30. The van der Waals surface area contributed by atoms with Crippen molar-refractivity contribution < 1.29 is 18.3 Å². The molecule has 25 heavy (non-hydrogen) atoms. The van der Waals surface area contributed by atoms with Gasteiger partial charge in [0, 0.05) is 12.4 Å². The molecule has 0 fully saturated rings. The normalized spacial score (nSPS) is 10.6. The van der Waals surface area contributed by atoms with Gasteiger partial charge in [-0.3, -0.25) is 4.79 Å². The second-order valence-corrected chi connectivity index (χ2v) is 5.58. The zero-order valence-electron chi connectivity index (χ0n) is 14.0. The lowest BCUT2D eigenvalue weighted by molar-refractivity contribution is 0.102. The first kappa shape index (κ1) is 18.5. The van der Waals surface area contributed by atoms with Gasteiger partial charge in [-0.1, -0.05) is 13.3 Å². The number of nitrogens with zero attached hydrogens (tertiary/aromatic N) is 1. The number of carbonyl (C=O) groups is 1. The van der Waals surface area contributed by atoms with E-state index in [2.05, 4.69) is 4.98 Å². The Labute approximate surface area is 144 Å². The van der Waals surface area contributed by atoms with Gasteiger partial charge >= 0.3 is 0 Å². The predicted molar refractivity (Wildman–Crippen MR) is 91.5 cm³/mol. The highest BCUT2D eigenvalue weighted by Gasteiger charge is 2.25. The van der Waals surface area contributed by atoms with E-state index in [-0.39, 0.29) is 29.3 Å². The van der Waals surface area contributed by atoms with Crippen LogP contribution in [-0.4, -0.2) is 23.6 Å². The van der Waals surface area contributed by atoms with Gasteiger partial charge in [0.2, 0.25) is 5.78 Å². The number of benzene rings is 1. The van der Waals surface area contributed by atoms with Crippen LogP contribution in [0.5, 0.6) is 5.75 Å². The first-order valence-corrected chi connectivity index (χ1v) is 7.82.